The highest BCUT2D eigenvalue weighted by atomic mass is 79.9. The van der Waals surface area contributed by atoms with Crippen LogP contribution in [0.5, 0.6) is 0 Å². The lowest BCUT2D eigenvalue weighted by molar-refractivity contribution is 0.0698. The van der Waals surface area contributed by atoms with Gasteiger partial charge in [0.05, 0.1) is 23.1 Å². The number of benzene rings is 1. The first-order chi connectivity index (χ1) is 9.00. The molecule has 0 aliphatic carbocycles. The normalized spacial score (nSPS) is 10.2. The summed E-state index contributed by atoms with van der Waals surface area (Å²) in [5.74, 6) is -1.69. The van der Waals surface area contributed by atoms with Crippen molar-refractivity contribution in [2.45, 2.75) is 0 Å². The molecule has 1 heterocycles. The van der Waals surface area contributed by atoms with E-state index in [0.717, 1.165) is 0 Å². The number of hydrogen-bond donors (Lipinski definition) is 2. The van der Waals surface area contributed by atoms with E-state index < -0.39 is 11.9 Å². The minimum absolute atomic E-state index is 0.0256. The molecule has 19 heavy (non-hydrogen) atoms. The number of nitrogens with one attached hydrogen (secondary N) is 1. The first-order valence-corrected chi connectivity index (χ1v) is 6.24. The number of halogens is 2. The van der Waals surface area contributed by atoms with Crippen LogP contribution in [0.1, 0.15) is 20.7 Å². The molecule has 0 aliphatic rings. The third-order valence-corrected chi connectivity index (χ3v) is 3.30. The van der Waals surface area contributed by atoms with Gasteiger partial charge in [0.25, 0.3) is 5.91 Å². The van der Waals surface area contributed by atoms with Crippen LogP contribution >= 0.6 is 27.5 Å². The fourth-order valence-corrected chi connectivity index (χ4v) is 2.13. The van der Waals surface area contributed by atoms with Crippen molar-refractivity contribution in [3.8, 4) is 0 Å². The van der Waals surface area contributed by atoms with Crippen molar-refractivity contribution in [3.05, 3.63) is 51.3 Å². The summed E-state index contributed by atoms with van der Waals surface area (Å²) in [6.07, 6.45) is 1.27. The van der Waals surface area contributed by atoms with E-state index in [9.17, 15) is 9.59 Å². The zero-order valence-electron chi connectivity index (χ0n) is 9.31. The molecular weight excluding hydrogens is 337 g/mol. The molecule has 2 aromatic rings. The van der Waals surface area contributed by atoms with Crippen molar-refractivity contribution in [1.29, 1.82) is 0 Å². The van der Waals surface area contributed by atoms with Gasteiger partial charge in [-0.2, -0.15) is 0 Å². The number of aromatic carboxylic acids is 1. The second kappa shape index (κ2) is 5.46. The van der Waals surface area contributed by atoms with Crippen molar-refractivity contribution in [3.63, 3.8) is 0 Å². The van der Waals surface area contributed by atoms with E-state index in [1.165, 1.54) is 18.4 Å². The van der Waals surface area contributed by atoms with Crippen molar-refractivity contribution in [2.24, 2.45) is 0 Å². The first kappa shape index (κ1) is 13.6. The highest BCUT2D eigenvalue weighted by molar-refractivity contribution is 9.10. The molecule has 0 fully saturated rings. The summed E-state index contributed by atoms with van der Waals surface area (Å²) in [5, 5.41) is 11.5. The number of para-hydroxylation sites is 1. The van der Waals surface area contributed by atoms with Gasteiger partial charge in [0.2, 0.25) is 5.22 Å². The third kappa shape index (κ3) is 2.80. The minimum Gasteiger partial charge on any atom is -0.478 e. The summed E-state index contributed by atoms with van der Waals surface area (Å²) in [4.78, 5) is 23.0. The van der Waals surface area contributed by atoms with Gasteiger partial charge in [-0.3, -0.25) is 4.79 Å². The van der Waals surface area contributed by atoms with E-state index >= 15 is 0 Å². The number of anilines is 1. The molecule has 0 unspecified atom stereocenters. The quantitative estimate of drug-likeness (QED) is 0.891. The van der Waals surface area contributed by atoms with Crippen LogP contribution in [0.3, 0.4) is 0 Å². The van der Waals surface area contributed by atoms with Crippen molar-refractivity contribution >= 4 is 45.1 Å². The first-order valence-electron chi connectivity index (χ1n) is 5.07. The van der Waals surface area contributed by atoms with Gasteiger partial charge in [-0.15, -0.1) is 0 Å². The van der Waals surface area contributed by atoms with E-state index in [-0.39, 0.29) is 22.0 Å². The zero-order chi connectivity index (χ0) is 14.0. The summed E-state index contributed by atoms with van der Waals surface area (Å²) < 4.78 is 5.27. The predicted octanol–water partition coefficient (Wildman–Crippen LogP) is 3.65. The minimum atomic E-state index is -1.14. The Morgan fingerprint density at radius 2 is 2.00 bits per heavy atom. The fraction of sp³-hybridized carbons (Fsp3) is 0. The number of furan rings is 1. The summed E-state index contributed by atoms with van der Waals surface area (Å²) in [6, 6.07) is 5.97. The Morgan fingerprint density at radius 3 is 2.58 bits per heavy atom. The van der Waals surface area contributed by atoms with Crippen molar-refractivity contribution in [1.82, 2.24) is 0 Å². The van der Waals surface area contributed by atoms with Gasteiger partial charge in [0.15, 0.2) is 0 Å². The molecule has 2 N–H and O–H groups in total. The second-order valence-electron chi connectivity index (χ2n) is 3.53. The molecule has 1 aromatic carbocycles. The largest absolute Gasteiger partial charge is 0.478 e. The standard InChI is InChI=1S/C12H7BrClNO4/c13-8-3-1-2-6(12(17)18)9(8)15-11(16)7-4-5-19-10(7)14/h1-5H,(H,15,16)(H,17,18). The Morgan fingerprint density at radius 1 is 1.26 bits per heavy atom. The van der Waals surface area contributed by atoms with Crippen LogP contribution in [-0.4, -0.2) is 17.0 Å². The summed E-state index contributed by atoms with van der Waals surface area (Å²) in [5.41, 5.74) is 0.272. The Kier molecular flexibility index (Phi) is 3.92. The number of carbonyl (C=O) groups excluding carboxylic acids is 1. The molecule has 1 amide bonds. The van der Waals surface area contributed by atoms with Gasteiger partial charge in [0, 0.05) is 4.47 Å². The van der Waals surface area contributed by atoms with Crippen molar-refractivity contribution in [2.75, 3.05) is 5.32 Å². The van der Waals surface area contributed by atoms with E-state index in [2.05, 4.69) is 21.2 Å². The lowest BCUT2D eigenvalue weighted by Crippen LogP contribution is -2.15. The molecule has 0 bridgehead atoms. The third-order valence-electron chi connectivity index (χ3n) is 2.35. The number of rotatable bonds is 3. The monoisotopic (exact) mass is 343 g/mol. The van der Waals surface area contributed by atoms with Crippen LogP contribution in [0.2, 0.25) is 5.22 Å². The average molecular weight is 345 g/mol. The molecule has 98 valence electrons. The van der Waals surface area contributed by atoms with E-state index in [4.69, 9.17) is 21.1 Å². The molecule has 0 aliphatic heterocycles. The summed E-state index contributed by atoms with van der Waals surface area (Å²) in [7, 11) is 0. The van der Waals surface area contributed by atoms with E-state index in [0.29, 0.717) is 4.47 Å². The number of carboxylic acid groups (broad SMARTS) is 1. The van der Waals surface area contributed by atoms with Gasteiger partial charge in [-0.05, 0) is 45.7 Å². The van der Waals surface area contributed by atoms with Crippen molar-refractivity contribution < 1.29 is 19.1 Å². The Hall–Kier alpha value is -1.79. The molecule has 7 heteroatoms. The second-order valence-corrected chi connectivity index (χ2v) is 4.73. The van der Waals surface area contributed by atoms with Crippen LogP contribution in [0.25, 0.3) is 0 Å². The van der Waals surface area contributed by atoms with E-state index in [1.807, 2.05) is 0 Å². The predicted molar refractivity (Wildman–Crippen MR) is 72.8 cm³/mol. The van der Waals surface area contributed by atoms with Gasteiger partial charge < -0.3 is 14.8 Å². The highest BCUT2D eigenvalue weighted by Crippen LogP contribution is 2.28. The van der Waals surface area contributed by atoms with Crippen LogP contribution < -0.4 is 5.32 Å². The molecule has 0 radical (unpaired) electrons. The molecule has 5 nitrogen and oxygen atoms in total. The van der Waals surface area contributed by atoms with Gasteiger partial charge in [0.1, 0.15) is 0 Å². The molecule has 0 spiro atoms. The lowest BCUT2D eigenvalue weighted by atomic mass is 10.1. The smallest absolute Gasteiger partial charge is 0.337 e. The molecule has 0 saturated carbocycles. The Balaban J connectivity index is 2.36. The topological polar surface area (TPSA) is 79.5 Å². The van der Waals surface area contributed by atoms with Crippen LogP contribution in [0.15, 0.2) is 39.4 Å². The SMILES string of the molecule is O=C(Nc1c(Br)cccc1C(=O)O)c1ccoc1Cl. The maximum atomic E-state index is 12.0. The van der Waals surface area contributed by atoms with Gasteiger partial charge >= 0.3 is 5.97 Å². The summed E-state index contributed by atoms with van der Waals surface area (Å²) >= 11 is 8.88. The maximum absolute atomic E-state index is 12.0. The molecule has 0 atom stereocenters. The number of carboxylic acids is 1. The number of hydrogen-bond acceptors (Lipinski definition) is 3. The van der Waals surface area contributed by atoms with Crippen LogP contribution in [0.4, 0.5) is 5.69 Å². The molecule has 0 saturated heterocycles. The number of carbonyl (C=O) groups is 2. The van der Waals surface area contributed by atoms with Gasteiger partial charge in [-0.25, -0.2) is 4.79 Å². The maximum Gasteiger partial charge on any atom is 0.337 e. The summed E-state index contributed by atoms with van der Waals surface area (Å²) in [6.45, 7) is 0. The number of amides is 1. The fourth-order valence-electron chi connectivity index (χ4n) is 1.47. The Labute approximate surface area is 121 Å². The van der Waals surface area contributed by atoms with Crippen LogP contribution in [-0.2, 0) is 0 Å². The lowest BCUT2D eigenvalue weighted by Gasteiger charge is -2.09. The van der Waals surface area contributed by atoms with E-state index in [1.54, 1.807) is 12.1 Å². The molecule has 1 aromatic heterocycles. The Bertz CT molecular complexity index is 653. The highest BCUT2D eigenvalue weighted by Gasteiger charge is 2.18. The average Bonchev–Trinajstić information content (AvgIpc) is 2.77. The molecule has 2 rings (SSSR count). The van der Waals surface area contributed by atoms with Crippen LogP contribution in [0, 0.1) is 0 Å². The zero-order valence-corrected chi connectivity index (χ0v) is 11.7. The molecular formula is C12H7BrClNO4. The van der Waals surface area contributed by atoms with Gasteiger partial charge in [-0.1, -0.05) is 6.07 Å².